The van der Waals surface area contributed by atoms with Crippen LogP contribution in [0.25, 0.3) is 0 Å². The largest absolute Gasteiger partial charge is 0.334 e. The molecule has 1 N–H and O–H groups in total. The summed E-state index contributed by atoms with van der Waals surface area (Å²) in [7, 11) is 0. The summed E-state index contributed by atoms with van der Waals surface area (Å²) in [6.07, 6.45) is 1.63. The first-order valence-corrected chi connectivity index (χ1v) is 8.88. The Balaban J connectivity index is 1.58. The minimum absolute atomic E-state index is 0.0584. The predicted molar refractivity (Wildman–Crippen MR) is 98.8 cm³/mol. The maximum atomic E-state index is 12.7. The van der Waals surface area contributed by atoms with Gasteiger partial charge in [0.1, 0.15) is 0 Å². The number of benzene rings is 2. The zero-order valence-electron chi connectivity index (χ0n) is 14.0. The van der Waals surface area contributed by atoms with E-state index in [1.807, 2.05) is 30.3 Å². The van der Waals surface area contributed by atoms with Crippen LogP contribution in [0.1, 0.15) is 28.8 Å². The van der Waals surface area contributed by atoms with Gasteiger partial charge in [-0.15, -0.1) is 0 Å². The predicted octanol–water partition coefficient (Wildman–Crippen LogP) is 4.14. The van der Waals surface area contributed by atoms with Crippen molar-refractivity contribution in [3.63, 3.8) is 0 Å². The highest BCUT2D eigenvalue weighted by Crippen LogP contribution is 2.22. The molecule has 0 unspecified atom stereocenters. The molecule has 2 amide bonds. The number of likely N-dealkylation sites (tertiary alicyclic amines) is 1. The summed E-state index contributed by atoms with van der Waals surface area (Å²) in [5.41, 5.74) is 1.67. The second kappa shape index (κ2) is 8.17. The number of nitrogens with zero attached hydrogens (tertiary/aromatic N) is 1. The van der Waals surface area contributed by atoms with E-state index in [4.69, 9.17) is 11.6 Å². The number of rotatable bonds is 4. The van der Waals surface area contributed by atoms with E-state index in [2.05, 4.69) is 5.32 Å². The number of piperidine rings is 1. The van der Waals surface area contributed by atoms with E-state index in [-0.39, 0.29) is 17.7 Å². The second-order valence-corrected chi connectivity index (χ2v) is 6.74. The Morgan fingerprint density at radius 3 is 2.68 bits per heavy atom. The molecule has 1 heterocycles. The Morgan fingerprint density at radius 1 is 1.12 bits per heavy atom. The maximum Gasteiger partial charge on any atom is 0.317 e. The number of amides is 2. The highest BCUT2D eigenvalue weighted by atomic mass is 35.5. The van der Waals surface area contributed by atoms with E-state index in [0.29, 0.717) is 30.2 Å². The van der Waals surface area contributed by atoms with Crippen LogP contribution in [0.5, 0.6) is 0 Å². The molecule has 5 heteroatoms. The SMILES string of the molecule is O=C(c1cccc(Cl)c1)[C@H]1CCCN(C(=O)NCc2ccccc2)C1. The fraction of sp³-hybridized carbons (Fsp3) is 0.300. The Bertz CT molecular complexity index is 748. The normalized spacial score (nSPS) is 17.2. The van der Waals surface area contributed by atoms with Gasteiger partial charge in [-0.05, 0) is 30.5 Å². The van der Waals surface area contributed by atoms with Crippen LogP contribution in [-0.4, -0.2) is 29.8 Å². The van der Waals surface area contributed by atoms with Gasteiger partial charge in [0.25, 0.3) is 0 Å². The summed E-state index contributed by atoms with van der Waals surface area (Å²) >= 11 is 5.98. The van der Waals surface area contributed by atoms with Gasteiger partial charge in [0.2, 0.25) is 0 Å². The van der Waals surface area contributed by atoms with Crippen molar-refractivity contribution in [1.82, 2.24) is 10.2 Å². The summed E-state index contributed by atoms with van der Waals surface area (Å²) in [4.78, 5) is 26.8. The third-order valence-corrected chi connectivity index (χ3v) is 4.71. The molecule has 0 bridgehead atoms. The number of carbonyl (C=O) groups is 2. The smallest absolute Gasteiger partial charge is 0.317 e. The molecule has 0 aromatic heterocycles. The van der Waals surface area contributed by atoms with Gasteiger partial charge < -0.3 is 10.2 Å². The lowest BCUT2D eigenvalue weighted by atomic mass is 9.90. The first kappa shape index (κ1) is 17.5. The minimum Gasteiger partial charge on any atom is -0.334 e. The molecule has 1 aliphatic heterocycles. The molecule has 1 aliphatic rings. The van der Waals surface area contributed by atoms with Crippen LogP contribution in [0.4, 0.5) is 4.79 Å². The van der Waals surface area contributed by atoms with Crippen molar-refractivity contribution in [3.8, 4) is 0 Å². The van der Waals surface area contributed by atoms with E-state index < -0.39 is 0 Å². The lowest BCUT2D eigenvalue weighted by Gasteiger charge is -2.32. The van der Waals surface area contributed by atoms with Crippen LogP contribution in [0.2, 0.25) is 5.02 Å². The molecule has 1 fully saturated rings. The molecule has 2 aromatic carbocycles. The Labute approximate surface area is 152 Å². The number of carbonyl (C=O) groups excluding carboxylic acids is 2. The maximum absolute atomic E-state index is 12.7. The fourth-order valence-electron chi connectivity index (χ4n) is 3.14. The Morgan fingerprint density at radius 2 is 1.92 bits per heavy atom. The summed E-state index contributed by atoms with van der Waals surface area (Å²) in [5.74, 6) is -0.113. The van der Waals surface area contributed by atoms with Crippen LogP contribution in [0.3, 0.4) is 0 Å². The molecule has 1 atom stereocenters. The number of ketones is 1. The lowest BCUT2D eigenvalue weighted by molar-refractivity contribution is 0.0845. The third-order valence-electron chi connectivity index (χ3n) is 4.48. The molecule has 0 aliphatic carbocycles. The van der Waals surface area contributed by atoms with Gasteiger partial charge in [0, 0.05) is 36.1 Å². The molecule has 0 spiro atoms. The number of nitrogens with one attached hydrogen (secondary N) is 1. The van der Waals surface area contributed by atoms with Gasteiger partial charge in [-0.1, -0.05) is 54.1 Å². The van der Waals surface area contributed by atoms with E-state index in [1.54, 1.807) is 29.2 Å². The summed E-state index contributed by atoms with van der Waals surface area (Å²) in [6.45, 7) is 1.62. The minimum atomic E-state index is -0.172. The van der Waals surface area contributed by atoms with Crippen molar-refractivity contribution in [1.29, 1.82) is 0 Å². The van der Waals surface area contributed by atoms with Crippen molar-refractivity contribution >= 4 is 23.4 Å². The summed E-state index contributed by atoms with van der Waals surface area (Å²) in [5, 5.41) is 3.49. The average molecular weight is 357 g/mol. The highest BCUT2D eigenvalue weighted by molar-refractivity contribution is 6.31. The molecular weight excluding hydrogens is 336 g/mol. The van der Waals surface area contributed by atoms with Crippen molar-refractivity contribution < 1.29 is 9.59 Å². The van der Waals surface area contributed by atoms with Crippen molar-refractivity contribution in [2.45, 2.75) is 19.4 Å². The van der Waals surface area contributed by atoms with E-state index in [0.717, 1.165) is 18.4 Å². The van der Waals surface area contributed by atoms with E-state index in [9.17, 15) is 9.59 Å². The van der Waals surface area contributed by atoms with Gasteiger partial charge in [0.05, 0.1) is 0 Å². The van der Waals surface area contributed by atoms with Gasteiger partial charge in [-0.2, -0.15) is 0 Å². The third kappa shape index (κ3) is 4.60. The van der Waals surface area contributed by atoms with Crippen LogP contribution in [-0.2, 0) is 6.54 Å². The van der Waals surface area contributed by atoms with Crippen molar-refractivity contribution in [2.75, 3.05) is 13.1 Å². The van der Waals surface area contributed by atoms with Crippen LogP contribution in [0.15, 0.2) is 54.6 Å². The highest BCUT2D eigenvalue weighted by Gasteiger charge is 2.29. The monoisotopic (exact) mass is 356 g/mol. The topological polar surface area (TPSA) is 49.4 Å². The van der Waals surface area contributed by atoms with Gasteiger partial charge in [-0.3, -0.25) is 4.79 Å². The number of hydrogen-bond acceptors (Lipinski definition) is 2. The Hall–Kier alpha value is -2.33. The Kier molecular flexibility index (Phi) is 5.71. The number of urea groups is 1. The van der Waals surface area contributed by atoms with Crippen molar-refractivity contribution in [2.24, 2.45) is 5.92 Å². The zero-order chi connectivity index (χ0) is 17.6. The van der Waals surface area contributed by atoms with Crippen LogP contribution in [0, 0.1) is 5.92 Å². The van der Waals surface area contributed by atoms with E-state index >= 15 is 0 Å². The molecular formula is C20H21ClN2O2. The average Bonchev–Trinajstić information content (AvgIpc) is 2.66. The molecule has 0 saturated carbocycles. The molecule has 4 nitrogen and oxygen atoms in total. The summed E-state index contributed by atoms with van der Waals surface area (Å²) in [6, 6.07) is 16.7. The number of hydrogen-bond donors (Lipinski definition) is 1. The first-order valence-electron chi connectivity index (χ1n) is 8.50. The molecule has 25 heavy (non-hydrogen) atoms. The number of Topliss-reactive ketones (excluding diaryl/α,β-unsaturated/α-hetero) is 1. The van der Waals surface area contributed by atoms with Crippen LogP contribution < -0.4 is 5.32 Å². The standard InChI is InChI=1S/C20H21ClN2O2/c21-18-10-4-8-16(12-18)19(24)17-9-5-11-23(14-17)20(25)22-13-15-6-2-1-3-7-15/h1-4,6-8,10,12,17H,5,9,11,13-14H2,(H,22,25)/t17-/m0/s1. The van der Waals surface area contributed by atoms with Gasteiger partial charge >= 0.3 is 6.03 Å². The molecule has 130 valence electrons. The number of halogens is 1. The lowest BCUT2D eigenvalue weighted by Crippen LogP contribution is -2.46. The summed E-state index contributed by atoms with van der Waals surface area (Å²) < 4.78 is 0. The van der Waals surface area contributed by atoms with Gasteiger partial charge in [0.15, 0.2) is 5.78 Å². The van der Waals surface area contributed by atoms with Gasteiger partial charge in [-0.25, -0.2) is 4.79 Å². The molecule has 3 rings (SSSR count). The first-order chi connectivity index (χ1) is 12.1. The molecule has 1 saturated heterocycles. The molecule has 0 radical (unpaired) electrons. The zero-order valence-corrected chi connectivity index (χ0v) is 14.7. The quantitative estimate of drug-likeness (QED) is 0.837. The van der Waals surface area contributed by atoms with Crippen LogP contribution >= 0.6 is 11.6 Å². The molecule has 2 aromatic rings. The fourth-order valence-corrected chi connectivity index (χ4v) is 3.33. The van der Waals surface area contributed by atoms with Crippen molar-refractivity contribution in [3.05, 3.63) is 70.7 Å². The second-order valence-electron chi connectivity index (χ2n) is 6.30. The van der Waals surface area contributed by atoms with E-state index in [1.165, 1.54) is 0 Å².